The molecule has 0 saturated carbocycles. The van der Waals surface area contributed by atoms with Crippen LogP contribution in [0.15, 0.2) is 30.3 Å². The van der Waals surface area contributed by atoms with Gasteiger partial charge >= 0.3 is 0 Å². The molecule has 1 fully saturated rings. The minimum absolute atomic E-state index is 0.133. The molecule has 5 nitrogen and oxygen atoms in total. The third-order valence-electron chi connectivity index (χ3n) is 6.49. The summed E-state index contributed by atoms with van der Waals surface area (Å²) in [6, 6.07) is 9.74. The Bertz CT molecular complexity index is 1130. The van der Waals surface area contributed by atoms with Crippen molar-refractivity contribution in [2.24, 2.45) is 0 Å². The summed E-state index contributed by atoms with van der Waals surface area (Å²) >= 11 is 0. The minimum Gasteiger partial charge on any atom is -0.354 e. The Kier molecular flexibility index (Phi) is 6.79. The number of likely N-dealkylation sites (tertiary alicyclic amines) is 1. The first-order valence-electron chi connectivity index (χ1n) is 11.6. The summed E-state index contributed by atoms with van der Waals surface area (Å²) in [5, 5.41) is 3.81. The number of aromatic amines is 1. The zero-order valence-electron chi connectivity index (χ0n) is 19.7. The van der Waals surface area contributed by atoms with Crippen LogP contribution in [0.4, 0.5) is 8.78 Å². The van der Waals surface area contributed by atoms with Crippen LogP contribution in [-0.2, 0) is 6.42 Å². The number of halogens is 2. The molecule has 1 aliphatic heterocycles. The number of nitrogens with zero attached hydrogens (tertiary/aromatic N) is 2. The lowest BCUT2D eigenvalue weighted by molar-refractivity contribution is 0.0900. The number of benzene rings is 1. The number of hydrogen-bond acceptors (Lipinski definition) is 3. The van der Waals surface area contributed by atoms with Gasteiger partial charge in [0.2, 0.25) is 6.43 Å². The van der Waals surface area contributed by atoms with E-state index in [1.807, 2.05) is 32.0 Å². The number of hydrogen-bond donors (Lipinski definition) is 2. The van der Waals surface area contributed by atoms with Gasteiger partial charge in [-0.3, -0.25) is 9.78 Å². The Labute approximate surface area is 193 Å². The highest BCUT2D eigenvalue weighted by atomic mass is 19.3. The summed E-state index contributed by atoms with van der Waals surface area (Å²) in [6.07, 6.45) is -1.04. The van der Waals surface area contributed by atoms with Crippen molar-refractivity contribution in [1.82, 2.24) is 20.2 Å². The van der Waals surface area contributed by atoms with Gasteiger partial charge in [-0.2, -0.15) is 0 Å². The molecule has 1 aliphatic rings. The van der Waals surface area contributed by atoms with Crippen molar-refractivity contribution < 1.29 is 13.6 Å². The fourth-order valence-corrected chi connectivity index (χ4v) is 4.81. The Morgan fingerprint density at radius 2 is 1.82 bits per heavy atom. The summed E-state index contributed by atoms with van der Waals surface area (Å²) in [5.74, 6) is -0.152. The van der Waals surface area contributed by atoms with E-state index < -0.39 is 6.43 Å². The Morgan fingerprint density at radius 1 is 1.15 bits per heavy atom. The fraction of sp³-hybridized carbons (Fsp3) is 0.462. The van der Waals surface area contributed by atoms with Crippen molar-refractivity contribution in [1.29, 1.82) is 0 Å². The van der Waals surface area contributed by atoms with Crippen molar-refractivity contribution in [2.75, 3.05) is 13.1 Å². The van der Waals surface area contributed by atoms with Crippen molar-refractivity contribution in [3.63, 3.8) is 0 Å². The topological polar surface area (TPSA) is 61.0 Å². The summed E-state index contributed by atoms with van der Waals surface area (Å²) in [5.41, 5.74) is 4.93. The summed E-state index contributed by atoms with van der Waals surface area (Å²) in [6.45, 7) is 10.1. The number of amides is 1. The van der Waals surface area contributed by atoms with Gasteiger partial charge in [0.1, 0.15) is 0 Å². The van der Waals surface area contributed by atoms with E-state index in [9.17, 15) is 13.6 Å². The molecule has 0 radical (unpaired) electrons. The molecule has 2 aromatic heterocycles. The molecule has 3 heterocycles. The molecule has 2 N–H and O–H groups in total. The van der Waals surface area contributed by atoms with Crippen molar-refractivity contribution in [3.05, 3.63) is 52.8 Å². The second-order valence-electron chi connectivity index (χ2n) is 9.35. The van der Waals surface area contributed by atoms with Gasteiger partial charge in [0.25, 0.3) is 5.91 Å². The molecule has 1 amide bonds. The zero-order chi connectivity index (χ0) is 23.7. The molecule has 176 valence electrons. The van der Waals surface area contributed by atoms with Crippen LogP contribution in [0.2, 0.25) is 0 Å². The maximum atomic E-state index is 13.5. The van der Waals surface area contributed by atoms with E-state index >= 15 is 0 Å². The second kappa shape index (κ2) is 9.59. The molecular formula is C26H32F2N4O. The molecule has 0 aliphatic carbocycles. The van der Waals surface area contributed by atoms with Gasteiger partial charge in [0.15, 0.2) is 0 Å². The highest BCUT2D eigenvalue weighted by molar-refractivity contribution is 6.00. The van der Waals surface area contributed by atoms with E-state index in [1.165, 1.54) is 0 Å². The number of fused-ring (bicyclic) bond motifs is 1. The van der Waals surface area contributed by atoms with Crippen LogP contribution in [0.25, 0.3) is 22.2 Å². The monoisotopic (exact) mass is 454 g/mol. The third-order valence-corrected chi connectivity index (χ3v) is 6.49. The quantitative estimate of drug-likeness (QED) is 0.534. The Morgan fingerprint density at radius 3 is 2.42 bits per heavy atom. The molecule has 0 bridgehead atoms. The summed E-state index contributed by atoms with van der Waals surface area (Å²) in [4.78, 5) is 23.1. The van der Waals surface area contributed by atoms with Crippen LogP contribution in [0.5, 0.6) is 0 Å². The predicted octanol–water partition coefficient (Wildman–Crippen LogP) is 5.26. The lowest BCUT2D eigenvalue weighted by atomic mass is 10.00. The highest BCUT2D eigenvalue weighted by Crippen LogP contribution is 2.33. The summed E-state index contributed by atoms with van der Waals surface area (Å²) in [7, 11) is 0. The maximum Gasteiger partial charge on any atom is 0.251 e. The van der Waals surface area contributed by atoms with Crippen LogP contribution < -0.4 is 5.32 Å². The normalized spacial score (nSPS) is 15.6. The van der Waals surface area contributed by atoms with Crippen LogP contribution in [0, 0.1) is 13.8 Å². The molecule has 1 aromatic carbocycles. The number of carbonyl (C=O) groups excluding carboxylic acids is 1. The molecule has 3 aromatic rings. The molecule has 7 heteroatoms. The van der Waals surface area contributed by atoms with Gasteiger partial charge in [-0.1, -0.05) is 0 Å². The highest BCUT2D eigenvalue weighted by Gasteiger charge is 2.23. The molecule has 0 unspecified atom stereocenters. The molecule has 33 heavy (non-hydrogen) atoms. The third kappa shape index (κ3) is 5.24. The molecule has 4 rings (SSSR count). The van der Waals surface area contributed by atoms with E-state index in [2.05, 4.69) is 34.0 Å². The minimum atomic E-state index is -2.49. The number of rotatable bonds is 6. The van der Waals surface area contributed by atoms with Gasteiger partial charge in [0.05, 0.1) is 5.69 Å². The molecule has 0 spiro atoms. The van der Waals surface area contributed by atoms with E-state index in [1.54, 1.807) is 12.1 Å². The van der Waals surface area contributed by atoms with Crippen molar-refractivity contribution >= 4 is 16.8 Å². The predicted molar refractivity (Wildman–Crippen MR) is 128 cm³/mol. The van der Waals surface area contributed by atoms with Crippen LogP contribution in [0.3, 0.4) is 0 Å². The number of aryl methyl sites for hydroxylation is 2. The number of H-pyrrole nitrogens is 1. The lowest BCUT2D eigenvalue weighted by Gasteiger charge is -2.34. The van der Waals surface area contributed by atoms with Gasteiger partial charge in [0, 0.05) is 65.0 Å². The van der Waals surface area contributed by atoms with Gasteiger partial charge in [-0.15, -0.1) is 0 Å². The Hall–Kier alpha value is -2.80. The van der Waals surface area contributed by atoms with Crippen LogP contribution in [0.1, 0.15) is 54.0 Å². The maximum absolute atomic E-state index is 13.5. The largest absolute Gasteiger partial charge is 0.354 e. The number of pyridine rings is 1. The average Bonchev–Trinajstić information content (AvgIpc) is 3.10. The SMILES string of the molecule is Cc1cc(-c2[nH]c3ccc(C(=O)NC4CCN(C(C)C)CC4)cc3c2CC(F)F)cc(C)n1. The van der Waals surface area contributed by atoms with E-state index in [4.69, 9.17) is 0 Å². The summed E-state index contributed by atoms with van der Waals surface area (Å²) < 4.78 is 27.1. The van der Waals surface area contributed by atoms with E-state index in [0.29, 0.717) is 28.2 Å². The van der Waals surface area contributed by atoms with E-state index in [-0.39, 0.29) is 18.4 Å². The number of alkyl halides is 2. The smallest absolute Gasteiger partial charge is 0.251 e. The number of aromatic nitrogens is 2. The number of piperidine rings is 1. The van der Waals surface area contributed by atoms with Gasteiger partial charge < -0.3 is 15.2 Å². The number of carbonyl (C=O) groups is 1. The van der Waals surface area contributed by atoms with Gasteiger partial charge in [-0.05, 0) is 76.4 Å². The number of nitrogens with one attached hydrogen (secondary N) is 2. The Balaban J connectivity index is 1.63. The van der Waals surface area contributed by atoms with Crippen molar-refractivity contribution in [2.45, 2.75) is 65.5 Å². The standard InChI is InChI=1S/C26H32F2N4O/c1-15(2)32-9-7-20(8-10-32)30-26(33)18-5-6-23-21(13-18)22(14-24(27)28)25(31-23)19-11-16(3)29-17(4)12-19/h5-6,11-13,15,20,24,31H,7-10,14H2,1-4H3,(H,30,33). The molecular weight excluding hydrogens is 422 g/mol. The molecule has 1 saturated heterocycles. The fourth-order valence-electron chi connectivity index (χ4n) is 4.81. The first-order valence-corrected chi connectivity index (χ1v) is 11.6. The first kappa shape index (κ1) is 23.4. The van der Waals surface area contributed by atoms with Crippen molar-refractivity contribution in [3.8, 4) is 11.3 Å². The van der Waals surface area contributed by atoms with E-state index in [0.717, 1.165) is 48.4 Å². The lowest BCUT2D eigenvalue weighted by Crippen LogP contribution is -2.46. The average molecular weight is 455 g/mol. The van der Waals surface area contributed by atoms with Gasteiger partial charge in [-0.25, -0.2) is 8.78 Å². The van der Waals surface area contributed by atoms with Crippen LogP contribution in [-0.4, -0.2) is 52.4 Å². The van der Waals surface area contributed by atoms with Crippen LogP contribution >= 0.6 is 0 Å². The zero-order valence-corrected chi connectivity index (χ0v) is 19.7. The molecule has 0 atom stereocenters. The first-order chi connectivity index (χ1) is 15.7. The second-order valence-corrected chi connectivity index (χ2v) is 9.35.